The molecule has 21 heavy (non-hydrogen) atoms. The molecule has 1 aromatic carbocycles. The predicted octanol–water partition coefficient (Wildman–Crippen LogP) is 3.16. The number of urea groups is 1. The molecule has 5 heteroatoms. The zero-order valence-corrected chi connectivity index (χ0v) is 12.8. The van der Waals surface area contributed by atoms with Crippen molar-refractivity contribution in [3.63, 3.8) is 0 Å². The SMILES string of the molecule is CCC1(C(=O)O)CCCN1C(=O)Nc1ccc(C)cc1C. The number of carbonyl (C=O) groups is 2. The Morgan fingerprint density at radius 3 is 2.67 bits per heavy atom. The summed E-state index contributed by atoms with van der Waals surface area (Å²) in [4.78, 5) is 25.6. The number of nitrogens with one attached hydrogen (secondary N) is 1. The van der Waals surface area contributed by atoms with Gasteiger partial charge in [0.1, 0.15) is 5.54 Å². The molecule has 0 spiro atoms. The van der Waals surface area contributed by atoms with Gasteiger partial charge in [-0.05, 0) is 44.7 Å². The van der Waals surface area contributed by atoms with Gasteiger partial charge in [0.2, 0.25) is 0 Å². The minimum absolute atomic E-state index is 0.330. The molecule has 5 nitrogen and oxygen atoms in total. The minimum atomic E-state index is -1.07. The Morgan fingerprint density at radius 1 is 1.38 bits per heavy atom. The average molecular weight is 290 g/mol. The number of nitrogens with zero attached hydrogens (tertiary/aromatic N) is 1. The third-order valence-electron chi connectivity index (χ3n) is 4.34. The molecule has 2 rings (SSSR count). The van der Waals surface area contributed by atoms with Gasteiger partial charge in [0.15, 0.2) is 0 Å². The maximum absolute atomic E-state index is 12.5. The van der Waals surface area contributed by atoms with Crippen LogP contribution in [0.1, 0.15) is 37.3 Å². The smallest absolute Gasteiger partial charge is 0.329 e. The van der Waals surface area contributed by atoms with Crippen LogP contribution in [0.5, 0.6) is 0 Å². The highest BCUT2D eigenvalue weighted by Gasteiger charge is 2.48. The van der Waals surface area contributed by atoms with Crippen LogP contribution in [0, 0.1) is 13.8 Å². The number of hydrogen-bond acceptors (Lipinski definition) is 2. The maximum Gasteiger partial charge on any atom is 0.329 e. The Balaban J connectivity index is 2.21. The Labute approximate surface area is 125 Å². The van der Waals surface area contributed by atoms with E-state index in [4.69, 9.17) is 0 Å². The van der Waals surface area contributed by atoms with E-state index in [-0.39, 0.29) is 6.03 Å². The van der Waals surface area contributed by atoms with Gasteiger partial charge in [0, 0.05) is 12.2 Å². The van der Waals surface area contributed by atoms with E-state index in [1.807, 2.05) is 39.0 Å². The maximum atomic E-state index is 12.5. The number of rotatable bonds is 3. The molecule has 0 radical (unpaired) electrons. The average Bonchev–Trinajstić information content (AvgIpc) is 2.87. The lowest BCUT2D eigenvalue weighted by molar-refractivity contribution is -0.148. The molecular formula is C16H22N2O3. The van der Waals surface area contributed by atoms with E-state index >= 15 is 0 Å². The molecule has 2 amide bonds. The molecule has 0 bridgehead atoms. The summed E-state index contributed by atoms with van der Waals surface area (Å²) in [6, 6.07) is 5.44. The number of benzene rings is 1. The van der Waals surface area contributed by atoms with Crippen LogP contribution in [-0.2, 0) is 4.79 Å². The van der Waals surface area contributed by atoms with Gasteiger partial charge in [0.25, 0.3) is 0 Å². The highest BCUT2D eigenvalue weighted by molar-refractivity contribution is 5.95. The normalized spacial score (nSPS) is 21.4. The largest absolute Gasteiger partial charge is 0.479 e. The van der Waals surface area contributed by atoms with Crippen molar-refractivity contribution in [3.8, 4) is 0 Å². The van der Waals surface area contributed by atoms with E-state index in [0.29, 0.717) is 19.4 Å². The number of aryl methyl sites for hydroxylation is 2. The summed E-state index contributed by atoms with van der Waals surface area (Å²) in [5.41, 5.74) is 1.76. The van der Waals surface area contributed by atoms with Crippen molar-refractivity contribution in [1.29, 1.82) is 0 Å². The Hall–Kier alpha value is -2.04. The van der Waals surface area contributed by atoms with Gasteiger partial charge in [-0.2, -0.15) is 0 Å². The molecule has 1 aliphatic heterocycles. The van der Waals surface area contributed by atoms with E-state index in [9.17, 15) is 14.7 Å². The van der Waals surface area contributed by atoms with Gasteiger partial charge in [-0.1, -0.05) is 24.6 Å². The fourth-order valence-corrected chi connectivity index (χ4v) is 3.05. The number of amides is 2. The van der Waals surface area contributed by atoms with Gasteiger partial charge >= 0.3 is 12.0 Å². The second-order valence-electron chi connectivity index (χ2n) is 5.69. The topological polar surface area (TPSA) is 69.6 Å². The van der Waals surface area contributed by atoms with Crippen molar-refractivity contribution in [1.82, 2.24) is 4.90 Å². The number of anilines is 1. The lowest BCUT2D eigenvalue weighted by Crippen LogP contribution is -2.54. The summed E-state index contributed by atoms with van der Waals surface area (Å²) in [7, 11) is 0. The summed E-state index contributed by atoms with van der Waals surface area (Å²) in [6.07, 6.45) is 1.65. The standard InChI is InChI=1S/C16H22N2O3/c1-4-16(14(19)20)8-5-9-18(16)15(21)17-13-7-6-11(2)10-12(13)3/h6-7,10H,4-5,8-9H2,1-3H3,(H,17,21)(H,19,20). The number of carboxylic acid groups (broad SMARTS) is 1. The summed E-state index contributed by atoms with van der Waals surface area (Å²) in [6.45, 7) is 6.22. The molecule has 1 saturated heterocycles. The van der Waals surface area contributed by atoms with Crippen LogP contribution < -0.4 is 5.32 Å². The number of carboxylic acids is 1. The summed E-state index contributed by atoms with van der Waals surface area (Å²) >= 11 is 0. The number of carbonyl (C=O) groups excluding carboxylic acids is 1. The van der Waals surface area contributed by atoms with Gasteiger partial charge in [-0.15, -0.1) is 0 Å². The quantitative estimate of drug-likeness (QED) is 0.898. The van der Waals surface area contributed by atoms with Crippen LogP contribution in [0.3, 0.4) is 0 Å². The lowest BCUT2D eigenvalue weighted by Gasteiger charge is -2.34. The zero-order chi connectivity index (χ0) is 15.6. The number of likely N-dealkylation sites (tertiary alicyclic amines) is 1. The van der Waals surface area contributed by atoms with Gasteiger partial charge in [0.05, 0.1) is 0 Å². The van der Waals surface area contributed by atoms with Crippen molar-refractivity contribution in [2.24, 2.45) is 0 Å². The highest BCUT2D eigenvalue weighted by Crippen LogP contribution is 2.33. The van der Waals surface area contributed by atoms with Crippen LogP contribution in [0.4, 0.5) is 10.5 Å². The molecule has 2 N–H and O–H groups in total. The molecule has 1 heterocycles. The number of aliphatic carboxylic acids is 1. The van der Waals surface area contributed by atoms with Crippen molar-refractivity contribution in [2.45, 2.75) is 45.6 Å². The summed E-state index contributed by atoms with van der Waals surface area (Å²) in [5, 5.41) is 12.4. The van der Waals surface area contributed by atoms with Gasteiger partial charge in [-0.25, -0.2) is 9.59 Å². The molecule has 114 valence electrons. The summed E-state index contributed by atoms with van der Waals surface area (Å²) < 4.78 is 0. The minimum Gasteiger partial charge on any atom is -0.479 e. The Bertz CT molecular complexity index is 571. The van der Waals surface area contributed by atoms with E-state index in [2.05, 4.69) is 5.32 Å². The van der Waals surface area contributed by atoms with Crippen molar-refractivity contribution >= 4 is 17.7 Å². The Kier molecular flexibility index (Phi) is 4.21. The second-order valence-corrected chi connectivity index (χ2v) is 5.69. The van der Waals surface area contributed by atoms with Crippen LogP contribution in [0.15, 0.2) is 18.2 Å². The molecular weight excluding hydrogens is 268 g/mol. The van der Waals surface area contributed by atoms with E-state index < -0.39 is 11.5 Å². The van der Waals surface area contributed by atoms with Crippen LogP contribution in [-0.4, -0.2) is 34.1 Å². The third kappa shape index (κ3) is 2.73. The van der Waals surface area contributed by atoms with Crippen LogP contribution in [0.25, 0.3) is 0 Å². The molecule has 1 fully saturated rings. The molecule has 0 aliphatic carbocycles. The predicted molar refractivity (Wildman–Crippen MR) is 81.5 cm³/mol. The van der Waals surface area contributed by atoms with Crippen molar-refractivity contribution in [2.75, 3.05) is 11.9 Å². The monoisotopic (exact) mass is 290 g/mol. The lowest BCUT2D eigenvalue weighted by atomic mass is 9.93. The molecule has 0 aromatic heterocycles. The number of hydrogen-bond donors (Lipinski definition) is 2. The first-order chi connectivity index (χ1) is 9.90. The van der Waals surface area contributed by atoms with E-state index in [1.165, 1.54) is 4.90 Å². The zero-order valence-electron chi connectivity index (χ0n) is 12.8. The molecule has 1 aromatic rings. The fourth-order valence-electron chi connectivity index (χ4n) is 3.05. The van der Waals surface area contributed by atoms with Crippen molar-refractivity contribution < 1.29 is 14.7 Å². The second kappa shape index (κ2) is 5.76. The van der Waals surface area contributed by atoms with Gasteiger partial charge in [-0.3, -0.25) is 0 Å². The molecule has 1 atom stereocenters. The first kappa shape index (κ1) is 15.4. The molecule has 1 aliphatic rings. The molecule has 0 saturated carbocycles. The van der Waals surface area contributed by atoms with Crippen molar-refractivity contribution in [3.05, 3.63) is 29.3 Å². The fraction of sp³-hybridized carbons (Fsp3) is 0.500. The first-order valence-electron chi connectivity index (χ1n) is 7.30. The molecule has 1 unspecified atom stereocenters. The van der Waals surface area contributed by atoms with Crippen LogP contribution >= 0.6 is 0 Å². The van der Waals surface area contributed by atoms with E-state index in [1.54, 1.807) is 0 Å². The third-order valence-corrected chi connectivity index (χ3v) is 4.34. The van der Waals surface area contributed by atoms with Crippen LogP contribution in [0.2, 0.25) is 0 Å². The highest BCUT2D eigenvalue weighted by atomic mass is 16.4. The Morgan fingerprint density at radius 2 is 2.10 bits per heavy atom. The summed E-state index contributed by atoms with van der Waals surface area (Å²) in [5.74, 6) is -0.918. The van der Waals surface area contributed by atoms with E-state index in [0.717, 1.165) is 23.2 Å². The first-order valence-corrected chi connectivity index (χ1v) is 7.30. The van der Waals surface area contributed by atoms with Gasteiger partial charge < -0.3 is 15.3 Å².